The second kappa shape index (κ2) is 4.73. The zero-order chi connectivity index (χ0) is 15.3. The van der Waals surface area contributed by atoms with Crippen molar-refractivity contribution in [1.82, 2.24) is 9.78 Å². The third kappa shape index (κ3) is 1.86. The van der Waals surface area contributed by atoms with Gasteiger partial charge in [-0.3, -0.25) is 4.68 Å². The van der Waals surface area contributed by atoms with E-state index in [9.17, 15) is 0 Å². The van der Waals surface area contributed by atoms with Crippen molar-refractivity contribution in [3.8, 4) is 0 Å². The van der Waals surface area contributed by atoms with Gasteiger partial charge in [0.05, 0.1) is 11.7 Å². The van der Waals surface area contributed by atoms with Crippen LogP contribution in [0.15, 0.2) is 49.2 Å². The predicted molar refractivity (Wildman–Crippen MR) is 91.8 cm³/mol. The van der Waals surface area contributed by atoms with Crippen molar-refractivity contribution in [3.63, 3.8) is 0 Å². The van der Waals surface area contributed by atoms with Crippen LogP contribution in [0.5, 0.6) is 0 Å². The van der Waals surface area contributed by atoms with E-state index < -0.39 is 0 Å². The predicted octanol–water partition coefficient (Wildman–Crippen LogP) is 4.13. The SMILES string of the molecule is C=C1c2cc(CC)ccc2CN1c1ccc2c(cnn2C)c1. The zero-order valence-corrected chi connectivity index (χ0v) is 13.0. The van der Waals surface area contributed by atoms with Crippen molar-refractivity contribution in [2.24, 2.45) is 7.05 Å². The first kappa shape index (κ1) is 13.1. The third-order valence-corrected chi connectivity index (χ3v) is 4.59. The van der Waals surface area contributed by atoms with Gasteiger partial charge in [-0.25, -0.2) is 0 Å². The van der Waals surface area contributed by atoms with E-state index in [1.165, 1.54) is 22.4 Å². The molecule has 1 aliphatic heterocycles. The molecule has 0 saturated carbocycles. The molecule has 0 saturated heterocycles. The summed E-state index contributed by atoms with van der Waals surface area (Å²) in [4.78, 5) is 2.29. The van der Waals surface area contributed by atoms with Gasteiger partial charge in [0, 0.05) is 35.9 Å². The quantitative estimate of drug-likeness (QED) is 0.707. The van der Waals surface area contributed by atoms with E-state index in [1.54, 1.807) is 0 Å². The lowest BCUT2D eigenvalue weighted by atomic mass is 10.0. The Morgan fingerprint density at radius 2 is 2.05 bits per heavy atom. The molecule has 0 unspecified atom stereocenters. The van der Waals surface area contributed by atoms with E-state index in [-0.39, 0.29) is 0 Å². The number of aryl methyl sites for hydroxylation is 2. The molecule has 3 aromatic rings. The number of benzene rings is 2. The van der Waals surface area contributed by atoms with E-state index in [2.05, 4.69) is 59.9 Å². The highest BCUT2D eigenvalue weighted by molar-refractivity contribution is 5.89. The maximum absolute atomic E-state index is 4.32. The molecule has 110 valence electrons. The fraction of sp³-hybridized carbons (Fsp3) is 0.211. The molecule has 0 bridgehead atoms. The summed E-state index contributed by atoms with van der Waals surface area (Å²) in [6.07, 6.45) is 2.97. The highest BCUT2D eigenvalue weighted by Crippen LogP contribution is 2.37. The van der Waals surface area contributed by atoms with Gasteiger partial charge in [-0.05, 0) is 41.8 Å². The Balaban J connectivity index is 1.75. The van der Waals surface area contributed by atoms with Gasteiger partial charge in [-0.2, -0.15) is 5.10 Å². The summed E-state index contributed by atoms with van der Waals surface area (Å²) in [5.41, 5.74) is 7.43. The standard InChI is InChI=1S/C19H19N3/c1-4-14-5-6-15-12-22(13(2)18(15)9-14)17-7-8-19-16(10-17)11-20-21(19)3/h5-11H,2,4,12H2,1,3H3. The summed E-state index contributed by atoms with van der Waals surface area (Å²) in [5, 5.41) is 5.49. The molecule has 0 fully saturated rings. The molecule has 1 aliphatic rings. The number of hydrogen-bond acceptors (Lipinski definition) is 2. The van der Waals surface area contributed by atoms with Gasteiger partial charge in [-0.15, -0.1) is 0 Å². The van der Waals surface area contributed by atoms with Crippen LogP contribution in [0.4, 0.5) is 5.69 Å². The summed E-state index contributed by atoms with van der Waals surface area (Å²) in [7, 11) is 1.97. The Kier molecular flexibility index (Phi) is 2.83. The minimum Gasteiger partial charge on any atom is -0.337 e. The molecule has 22 heavy (non-hydrogen) atoms. The van der Waals surface area contributed by atoms with Crippen molar-refractivity contribution in [2.75, 3.05) is 4.90 Å². The molecule has 0 spiro atoms. The normalized spacial score (nSPS) is 13.9. The largest absolute Gasteiger partial charge is 0.337 e. The van der Waals surface area contributed by atoms with Gasteiger partial charge in [0.1, 0.15) is 0 Å². The summed E-state index contributed by atoms with van der Waals surface area (Å²) >= 11 is 0. The lowest BCUT2D eigenvalue weighted by molar-refractivity contribution is 0.797. The molecular formula is C19H19N3. The van der Waals surface area contributed by atoms with Crippen LogP contribution in [0.3, 0.4) is 0 Å². The number of fused-ring (bicyclic) bond motifs is 2. The average molecular weight is 289 g/mol. The van der Waals surface area contributed by atoms with Crippen LogP contribution in [0.2, 0.25) is 0 Å². The highest BCUT2D eigenvalue weighted by Gasteiger charge is 2.23. The lowest BCUT2D eigenvalue weighted by Crippen LogP contribution is -2.12. The molecule has 2 heterocycles. The lowest BCUT2D eigenvalue weighted by Gasteiger charge is -2.19. The van der Waals surface area contributed by atoms with Crippen molar-refractivity contribution in [3.05, 3.63) is 65.9 Å². The van der Waals surface area contributed by atoms with E-state index >= 15 is 0 Å². The smallest absolute Gasteiger partial charge is 0.0680 e. The first-order chi connectivity index (χ1) is 10.7. The molecule has 3 nitrogen and oxygen atoms in total. The van der Waals surface area contributed by atoms with Gasteiger partial charge in [0.2, 0.25) is 0 Å². The zero-order valence-electron chi connectivity index (χ0n) is 13.0. The van der Waals surface area contributed by atoms with E-state index in [1.807, 2.05) is 17.9 Å². The van der Waals surface area contributed by atoms with Crippen LogP contribution in [-0.4, -0.2) is 9.78 Å². The molecule has 0 radical (unpaired) electrons. The van der Waals surface area contributed by atoms with Crippen molar-refractivity contribution in [2.45, 2.75) is 19.9 Å². The molecular weight excluding hydrogens is 270 g/mol. The molecule has 2 aromatic carbocycles. The Hall–Kier alpha value is -2.55. The van der Waals surface area contributed by atoms with Gasteiger partial charge in [0.15, 0.2) is 0 Å². The number of anilines is 1. The molecule has 1 aromatic heterocycles. The molecule has 0 atom stereocenters. The Morgan fingerprint density at radius 1 is 1.18 bits per heavy atom. The van der Waals surface area contributed by atoms with Gasteiger partial charge >= 0.3 is 0 Å². The van der Waals surface area contributed by atoms with E-state index in [4.69, 9.17) is 0 Å². The molecule has 0 N–H and O–H groups in total. The maximum Gasteiger partial charge on any atom is 0.0680 e. The fourth-order valence-electron chi connectivity index (χ4n) is 3.23. The van der Waals surface area contributed by atoms with Crippen LogP contribution >= 0.6 is 0 Å². The molecule has 0 amide bonds. The average Bonchev–Trinajstić information content (AvgIpc) is 3.08. The Labute approximate surface area is 130 Å². The summed E-state index contributed by atoms with van der Waals surface area (Å²) in [5.74, 6) is 0. The minimum atomic E-state index is 0.893. The number of hydrogen-bond donors (Lipinski definition) is 0. The fourth-order valence-corrected chi connectivity index (χ4v) is 3.23. The minimum absolute atomic E-state index is 0.893. The summed E-state index contributed by atoms with van der Waals surface area (Å²) in [6, 6.07) is 13.2. The van der Waals surface area contributed by atoms with Crippen molar-refractivity contribution < 1.29 is 0 Å². The van der Waals surface area contributed by atoms with Gasteiger partial charge in [0.25, 0.3) is 0 Å². The van der Waals surface area contributed by atoms with Crippen LogP contribution in [0.25, 0.3) is 16.6 Å². The second-order valence-electron chi connectivity index (χ2n) is 5.89. The number of nitrogens with zero attached hydrogens (tertiary/aromatic N) is 3. The third-order valence-electron chi connectivity index (χ3n) is 4.59. The number of aromatic nitrogens is 2. The molecule has 4 rings (SSSR count). The maximum atomic E-state index is 4.32. The highest BCUT2D eigenvalue weighted by atomic mass is 15.2. The second-order valence-corrected chi connectivity index (χ2v) is 5.89. The molecule has 3 heteroatoms. The summed E-state index contributed by atoms with van der Waals surface area (Å²) < 4.78 is 1.90. The first-order valence-electron chi connectivity index (χ1n) is 7.67. The van der Waals surface area contributed by atoms with E-state index in [0.29, 0.717) is 0 Å². The van der Waals surface area contributed by atoms with Crippen molar-refractivity contribution in [1.29, 1.82) is 0 Å². The molecule has 0 aliphatic carbocycles. The van der Waals surface area contributed by atoms with E-state index in [0.717, 1.165) is 29.6 Å². The Morgan fingerprint density at radius 3 is 2.86 bits per heavy atom. The van der Waals surface area contributed by atoms with Crippen LogP contribution in [0.1, 0.15) is 23.6 Å². The Bertz CT molecular complexity index is 889. The summed E-state index contributed by atoms with van der Waals surface area (Å²) in [6.45, 7) is 7.40. The number of rotatable bonds is 2. The first-order valence-corrected chi connectivity index (χ1v) is 7.67. The van der Waals surface area contributed by atoms with Crippen molar-refractivity contribution >= 4 is 22.3 Å². The van der Waals surface area contributed by atoms with Crippen LogP contribution in [0, 0.1) is 0 Å². The van der Waals surface area contributed by atoms with Crippen LogP contribution in [-0.2, 0) is 20.0 Å². The van der Waals surface area contributed by atoms with Gasteiger partial charge < -0.3 is 4.90 Å². The monoisotopic (exact) mass is 289 g/mol. The topological polar surface area (TPSA) is 21.1 Å². The van der Waals surface area contributed by atoms with Gasteiger partial charge in [-0.1, -0.05) is 25.6 Å². The van der Waals surface area contributed by atoms with Crippen LogP contribution < -0.4 is 4.90 Å².